The molecular formula is C52H96N2O10. The summed E-state index contributed by atoms with van der Waals surface area (Å²) in [6, 6.07) is -2.01. The van der Waals surface area contributed by atoms with Gasteiger partial charge >= 0.3 is 0 Å². The lowest BCUT2D eigenvalue weighted by Gasteiger charge is -2.52. The molecule has 9 N–H and O–H groups in total. The van der Waals surface area contributed by atoms with Gasteiger partial charge in [-0.25, -0.2) is 0 Å². The Balaban J connectivity index is 1.96. The molecule has 0 unspecified atom stereocenters. The highest BCUT2D eigenvalue weighted by Gasteiger charge is 2.53. The van der Waals surface area contributed by atoms with Crippen molar-refractivity contribution in [3.05, 3.63) is 36.5 Å². The first-order chi connectivity index (χ1) is 31.0. The highest BCUT2D eigenvalue weighted by atomic mass is 16.7. The van der Waals surface area contributed by atoms with Crippen molar-refractivity contribution in [1.29, 1.82) is 0 Å². The lowest BCUT2D eigenvalue weighted by molar-refractivity contribution is -0.308. The van der Waals surface area contributed by atoms with E-state index in [0.717, 1.165) is 38.5 Å². The Bertz CT molecular complexity index is 1230. The molecule has 64 heavy (non-hydrogen) atoms. The number of likely N-dealkylation sites (tertiary alicyclic amines) is 1. The number of aliphatic hydroxyl groups excluding tert-OH is 6. The number of hydrogen-bond acceptors (Lipinski definition) is 11. The van der Waals surface area contributed by atoms with E-state index in [1.807, 2.05) is 6.08 Å². The second-order valence-corrected chi connectivity index (χ2v) is 18.9. The summed E-state index contributed by atoms with van der Waals surface area (Å²) in [4.78, 5) is 14.7. The van der Waals surface area contributed by atoms with Crippen LogP contribution in [-0.2, 0) is 14.3 Å². The molecule has 0 spiro atoms. The van der Waals surface area contributed by atoms with E-state index in [2.05, 4.69) is 38.2 Å². The zero-order chi connectivity index (χ0) is 46.8. The van der Waals surface area contributed by atoms with Crippen LogP contribution in [0, 0.1) is 0 Å². The number of hydrogen-bond donors (Lipinski definition) is 8. The standard InChI is InChI=1S/C52H96N2O10/c1-3-5-7-9-11-13-15-17-19-20-21-22-23-24-26-28-30-32-34-36-38-52(62,51(53)61)54-42(37-35-33-31-29-27-25-18-16-14-12-10-8-6-4-2)44(56)39-45(57)43(54)41-63-50-49(60)48(59)47(58)46(40-55)64-50/h26-29,35,37,42-50,55-60,62H,3-25,30-34,36,38-41H2,1-2H3,(H2,53,61)/b28-26-,29-27-,37-35+/t42-,43-,44+,45+,46+,47+,48-,49+,50+,52+/m0/s1. The van der Waals surface area contributed by atoms with Gasteiger partial charge in [0.15, 0.2) is 12.0 Å². The molecule has 2 aliphatic heterocycles. The number of carbonyl (C=O) groups excluding carboxylic acids is 1. The second-order valence-electron chi connectivity index (χ2n) is 18.9. The van der Waals surface area contributed by atoms with Crippen molar-refractivity contribution < 1.29 is 50.0 Å². The van der Waals surface area contributed by atoms with Crippen LogP contribution in [0.5, 0.6) is 0 Å². The third-order valence-corrected chi connectivity index (χ3v) is 13.4. The topological polar surface area (TPSA) is 206 Å². The van der Waals surface area contributed by atoms with Crippen LogP contribution in [0.25, 0.3) is 0 Å². The third kappa shape index (κ3) is 22.9. The van der Waals surface area contributed by atoms with Crippen molar-refractivity contribution in [1.82, 2.24) is 4.90 Å². The number of aliphatic hydroxyl groups is 7. The number of nitrogens with zero attached hydrogens (tertiary/aromatic N) is 1. The lowest BCUT2D eigenvalue weighted by Crippen LogP contribution is -2.72. The number of allylic oxidation sites excluding steroid dienone is 5. The van der Waals surface area contributed by atoms with E-state index in [9.17, 15) is 40.5 Å². The van der Waals surface area contributed by atoms with Crippen LogP contribution in [0.4, 0.5) is 0 Å². The highest BCUT2D eigenvalue weighted by molar-refractivity contribution is 5.82. The van der Waals surface area contributed by atoms with E-state index in [1.54, 1.807) is 6.08 Å². The van der Waals surface area contributed by atoms with Gasteiger partial charge in [-0.2, -0.15) is 0 Å². The summed E-state index contributed by atoms with van der Waals surface area (Å²) >= 11 is 0. The van der Waals surface area contributed by atoms with Crippen molar-refractivity contribution in [3.8, 4) is 0 Å². The van der Waals surface area contributed by atoms with Crippen LogP contribution in [0.1, 0.15) is 213 Å². The second kappa shape index (κ2) is 36.3. The smallest absolute Gasteiger partial charge is 0.264 e. The van der Waals surface area contributed by atoms with E-state index in [0.29, 0.717) is 12.8 Å². The molecule has 0 aromatic carbocycles. The molecule has 1 amide bonds. The Kier molecular flexibility index (Phi) is 33.2. The summed E-state index contributed by atoms with van der Waals surface area (Å²) in [5, 5.41) is 75.9. The Hall–Kier alpha value is -1.71. The van der Waals surface area contributed by atoms with Gasteiger partial charge in [0.05, 0.1) is 37.5 Å². The number of ether oxygens (including phenoxy) is 2. The molecule has 12 heteroatoms. The number of carbonyl (C=O) groups is 1. The minimum atomic E-state index is -2.28. The van der Waals surface area contributed by atoms with Gasteiger partial charge < -0.3 is 51.0 Å². The summed E-state index contributed by atoms with van der Waals surface area (Å²) in [6.07, 6.45) is 36.3. The van der Waals surface area contributed by atoms with Crippen LogP contribution < -0.4 is 5.73 Å². The van der Waals surface area contributed by atoms with Gasteiger partial charge in [-0.1, -0.05) is 179 Å². The molecule has 2 aliphatic rings. The molecule has 0 aliphatic carbocycles. The molecule has 374 valence electrons. The van der Waals surface area contributed by atoms with Gasteiger partial charge in [0.1, 0.15) is 24.4 Å². The van der Waals surface area contributed by atoms with E-state index in [4.69, 9.17) is 15.2 Å². The van der Waals surface area contributed by atoms with Crippen LogP contribution >= 0.6 is 0 Å². The zero-order valence-corrected chi connectivity index (χ0v) is 40.4. The number of primary amides is 1. The minimum absolute atomic E-state index is 0.0488. The van der Waals surface area contributed by atoms with Crippen LogP contribution in [0.3, 0.4) is 0 Å². The quantitative estimate of drug-likeness (QED) is 0.0217. The van der Waals surface area contributed by atoms with Crippen LogP contribution in [0.2, 0.25) is 0 Å². The molecule has 0 radical (unpaired) electrons. The fourth-order valence-corrected chi connectivity index (χ4v) is 9.23. The summed E-state index contributed by atoms with van der Waals surface area (Å²) in [5.41, 5.74) is 3.70. The predicted molar refractivity (Wildman–Crippen MR) is 257 cm³/mol. The fraction of sp³-hybridized carbons (Fsp3) is 0.865. The highest BCUT2D eigenvalue weighted by Crippen LogP contribution is 2.35. The molecule has 0 saturated carbocycles. The Morgan fingerprint density at radius 3 is 1.52 bits per heavy atom. The maximum absolute atomic E-state index is 13.3. The van der Waals surface area contributed by atoms with Gasteiger partial charge in [-0.3, -0.25) is 9.69 Å². The van der Waals surface area contributed by atoms with Crippen molar-refractivity contribution in [2.24, 2.45) is 5.73 Å². The number of nitrogens with two attached hydrogens (primary N) is 1. The number of piperidine rings is 1. The van der Waals surface area contributed by atoms with E-state index < -0.39 is 79.8 Å². The first-order valence-electron chi connectivity index (χ1n) is 26.1. The van der Waals surface area contributed by atoms with Crippen molar-refractivity contribution >= 4 is 5.91 Å². The van der Waals surface area contributed by atoms with Crippen LogP contribution in [0.15, 0.2) is 36.5 Å². The lowest BCUT2D eigenvalue weighted by atomic mass is 9.85. The van der Waals surface area contributed by atoms with Crippen molar-refractivity contribution in [2.75, 3.05) is 13.2 Å². The first kappa shape index (κ1) is 58.4. The molecule has 0 aromatic rings. The summed E-state index contributed by atoms with van der Waals surface area (Å²) in [6.45, 7) is 3.45. The van der Waals surface area contributed by atoms with Gasteiger partial charge in [0.25, 0.3) is 5.91 Å². The maximum atomic E-state index is 13.3. The SMILES string of the molecule is CCCCCCCCCC/C=C\CC/C=C/[C@H]1[C@H](O)C[C@@H](O)[C@H](CO[C@@H]2O[C@H](CO)[C@@H](O)[C@H](O)[C@H]2O)N1[C@@](O)(CCCCC/C=C\CCCCCCCCCCCCCCC)C(N)=O. The van der Waals surface area contributed by atoms with Crippen molar-refractivity contribution in [2.45, 2.75) is 274 Å². The number of unbranched alkanes of at least 4 members (excludes halogenated alkanes) is 25. The van der Waals surface area contributed by atoms with Gasteiger partial charge in [-0.05, 0) is 64.2 Å². The van der Waals surface area contributed by atoms with Gasteiger partial charge in [-0.15, -0.1) is 0 Å². The largest absolute Gasteiger partial charge is 0.394 e. The van der Waals surface area contributed by atoms with Gasteiger partial charge in [0.2, 0.25) is 0 Å². The fourth-order valence-electron chi connectivity index (χ4n) is 9.23. The summed E-state index contributed by atoms with van der Waals surface area (Å²) in [5.74, 6) is -1.02. The Morgan fingerprint density at radius 2 is 1.05 bits per heavy atom. The number of amides is 1. The molecule has 2 saturated heterocycles. The molecule has 2 rings (SSSR count). The Morgan fingerprint density at radius 1 is 0.609 bits per heavy atom. The third-order valence-electron chi connectivity index (χ3n) is 13.4. The average Bonchev–Trinajstić information content (AvgIpc) is 3.28. The number of rotatable bonds is 39. The molecule has 2 heterocycles. The zero-order valence-electron chi connectivity index (χ0n) is 40.4. The average molecular weight is 909 g/mol. The van der Waals surface area contributed by atoms with Gasteiger partial charge in [0, 0.05) is 6.42 Å². The Labute approximate surface area is 388 Å². The molecule has 10 atom stereocenters. The summed E-state index contributed by atoms with van der Waals surface area (Å²) < 4.78 is 11.4. The molecule has 0 aromatic heterocycles. The predicted octanol–water partition coefficient (Wildman–Crippen LogP) is 8.55. The maximum Gasteiger partial charge on any atom is 0.264 e. The monoisotopic (exact) mass is 909 g/mol. The van der Waals surface area contributed by atoms with E-state index in [1.165, 1.54) is 140 Å². The summed E-state index contributed by atoms with van der Waals surface area (Å²) in [7, 11) is 0. The van der Waals surface area contributed by atoms with E-state index >= 15 is 0 Å². The molecule has 0 bridgehead atoms. The van der Waals surface area contributed by atoms with Crippen LogP contribution in [-0.4, -0.2) is 120 Å². The molecular weight excluding hydrogens is 813 g/mol. The van der Waals surface area contributed by atoms with E-state index in [-0.39, 0.29) is 12.8 Å². The molecule has 2 fully saturated rings. The molecule has 12 nitrogen and oxygen atoms in total. The minimum Gasteiger partial charge on any atom is -0.394 e. The normalized spacial score (nSPS) is 26.7. The first-order valence-corrected chi connectivity index (χ1v) is 26.1. The van der Waals surface area contributed by atoms with Crippen molar-refractivity contribution in [3.63, 3.8) is 0 Å².